The lowest BCUT2D eigenvalue weighted by atomic mass is 10.0. The Morgan fingerprint density at radius 3 is 2.68 bits per heavy atom. The van der Waals surface area contributed by atoms with Gasteiger partial charge >= 0.3 is 6.09 Å². The zero-order valence-electron chi connectivity index (χ0n) is 21.4. The summed E-state index contributed by atoms with van der Waals surface area (Å²) >= 11 is 1.35. The van der Waals surface area contributed by atoms with E-state index in [1.54, 1.807) is 4.90 Å². The van der Waals surface area contributed by atoms with Crippen LogP contribution in [0.25, 0.3) is 0 Å². The first-order valence-corrected chi connectivity index (χ1v) is 13.5. The first-order valence-electron chi connectivity index (χ1n) is 12.7. The fourth-order valence-electron chi connectivity index (χ4n) is 4.25. The molecule has 1 aromatic heterocycles. The van der Waals surface area contributed by atoms with Gasteiger partial charge in [-0.15, -0.1) is 11.3 Å². The fraction of sp³-hybridized carbons (Fsp3) is 0.345. The van der Waals surface area contributed by atoms with E-state index in [2.05, 4.69) is 11.4 Å². The number of fused-ring (bicyclic) bond motifs is 1. The van der Waals surface area contributed by atoms with Crippen molar-refractivity contribution >= 4 is 28.3 Å². The van der Waals surface area contributed by atoms with E-state index < -0.39 is 6.09 Å². The summed E-state index contributed by atoms with van der Waals surface area (Å²) in [6.45, 7) is 4.21. The van der Waals surface area contributed by atoms with Crippen LogP contribution in [0.1, 0.15) is 40.5 Å². The Balaban J connectivity index is 1.27. The highest BCUT2D eigenvalue weighted by atomic mass is 32.1. The molecular formula is C29H31N3O5S. The average Bonchev–Trinajstić information content (AvgIpc) is 3.29. The second kappa shape index (κ2) is 13.6. The van der Waals surface area contributed by atoms with E-state index in [-0.39, 0.29) is 18.9 Å². The number of benzene rings is 2. The van der Waals surface area contributed by atoms with Crippen LogP contribution < -0.4 is 10.1 Å². The second-order valence-electron chi connectivity index (χ2n) is 8.73. The summed E-state index contributed by atoms with van der Waals surface area (Å²) in [6.07, 6.45) is 0.919. The minimum atomic E-state index is -0.413. The van der Waals surface area contributed by atoms with Crippen molar-refractivity contribution in [3.63, 3.8) is 0 Å². The van der Waals surface area contributed by atoms with Crippen LogP contribution >= 0.6 is 11.3 Å². The molecule has 198 valence electrons. The molecule has 2 amide bonds. The molecule has 0 saturated carbocycles. The minimum absolute atomic E-state index is 0.163. The smallest absolute Gasteiger partial charge is 0.410 e. The number of aryl methyl sites for hydroxylation is 1. The van der Waals surface area contributed by atoms with E-state index in [1.807, 2.05) is 61.5 Å². The van der Waals surface area contributed by atoms with Crippen LogP contribution in [-0.4, -0.2) is 43.3 Å². The number of amides is 2. The molecule has 2 aromatic carbocycles. The molecular weight excluding hydrogens is 502 g/mol. The summed E-state index contributed by atoms with van der Waals surface area (Å²) in [4.78, 5) is 27.8. The van der Waals surface area contributed by atoms with Crippen LogP contribution in [0.2, 0.25) is 0 Å². The maximum absolute atomic E-state index is 12.7. The predicted octanol–water partition coefficient (Wildman–Crippen LogP) is 5.30. The number of hydrogen-bond donors (Lipinski definition) is 1. The number of nitriles is 1. The van der Waals surface area contributed by atoms with Gasteiger partial charge in [-0.3, -0.25) is 4.79 Å². The number of carbonyl (C=O) groups is 2. The van der Waals surface area contributed by atoms with Crippen LogP contribution in [0.3, 0.4) is 0 Å². The van der Waals surface area contributed by atoms with Gasteiger partial charge in [-0.1, -0.05) is 48.5 Å². The monoisotopic (exact) mass is 533 g/mol. The molecule has 1 aliphatic rings. The van der Waals surface area contributed by atoms with Gasteiger partial charge in [-0.25, -0.2) is 4.79 Å². The number of anilines is 1. The highest BCUT2D eigenvalue weighted by Gasteiger charge is 2.28. The quantitative estimate of drug-likeness (QED) is 0.336. The number of para-hydroxylation sites is 1. The Kier molecular flexibility index (Phi) is 9.73. The molecule has 1 N–H and O–H groups in total. The van der Waals surface area contributed by atoms with Crippen molar-refractivity contribution in [2.75, 3.05) is 31.7 Å². The normalized spacial score (nSPS) is 12.4. The van der Waals surface area contributed by atoms with Crippen LogP contribution in [0.5, 0.6) is 5.75 Å². The number of ether oxygens (including phenoxy) is 3. The van der Waals surface area contributed by atoms with Gasteiger partial charge in [0.05, 0.1) is 31.9 Å². The van der Waals surface area contributed by atoms with Crippen LogP contribution in [0, 0.1) is 11.3 Å². The van der Waals surface area contributed by atoms with Gasteiger partial charge in [0.2, 0.25) is 5.91 Å². The summed E-state index contributed by atoms with van der Waals surface area (Å²) < 4.78 is 16.6. The standard InChI is InChI=1S/C29H31N3O5S/c1-2-36-25-11-7-6-10-22(25)12-13-27(33)31-28-24(18-30)23-14-15-32(19-26(23)38-28)29(34)37-17-16-35-20-21-8-4-3-5-9-21/h3-11H,2,12-17,19-20H2,1H3,(H,31,33). The molecule has 0 fully saturated rings. The van der Waals surface area contributed by atoms with Gasteiger partial charge in [0.1, 0.15) is 23.4 Å². The number of rotatable bonds is 11. The molecule has 0 saturated heterocycles. The molecule has 1 aliphatic heterocycles. The maximum Gasteiger partial charge on any atom is 0.410 e. The molecule has 4 rings (SSSR count). The Morgan fingerprint density at radius 1 is 1.11 bits per heavy atom. The predicted molar refractivity (Wildman–Crippen MR) is 145 cm³/mol. The fourth-order valence-corrected chi connectivity index (χ4v) is 5.48. The van der Waals surface area contributed by atoms with Crippen molar-refractivity contribution in [3.8, 4) is 11.8 Å². The van der Waals surface area contributed by atoms with E-state index in [4.69, 9.17) is 14.2 Å². The molecule has 38 heavy (non-hydrogen) atoms. The van der Waals surface area contributed by atoms with Gasteiger partial charge in [-0.2, -0.15) is 5.26 Å². The molecule has 8 nitrogen and oxygen atoms in total. The third-order valence-corrected chi connectivity index (χ3v) is 7.27. The number of hydrogen-bond acceptors (Lipinski definition) is 7. The molecule has 0 unspecified atom stereocenters. The summed E-state index contributed by atoms with van der Waals surface area (Å²) in [5.74, 6) is 0.611. The van der Waals surface area contributed by atoms with Crippen molar-refractivity contribution in [2.24, 2.45) is 0 Å². The summed E-state index contributed by atoms with van der Waals surface area (Å²) in [7, 11) is 0. The van der Waals surface area contributed by atoms with Crippen LogP contribution in [0.4, 0.5) is 9.80 Å². The molecule has 0 spiro atoms. The van der Waals surface area contributed by atoms with Crippen molar-refractivity contribution in [3.05, 3.63) is 81.7 Å². The Bertz CT molecular complexity index is 1290. The lowest BCUT2D eigenvalue weighted by Crippen LogP contribution is -2.36. The van der Waals surface area contributed by atoms with E-state index in [1.165, 1.54) is 11.3 Å². The third-order valence-electron chi connectivity index (χ3n) is 6.14. The zero-order chi connectivity index (χ0) is 26.7. The van der Waals surface area contributed by atoms with Crippen molar-refractivity contribution in [1.82, 2.24) is 4.90 Å². The molecule has 3 aromatic rings. The van der Waals surface area contributed by atoms with Gasteiger partial charge in [0, 0.05) is 17.8 Å². The van der Waals surface area contributed by atoms with Gasteiger partial charge in [0.15, 0.2) is 0 Å². The summed E-state index contributed by atoms with van der Waals surface area (Å²) in [6, 6.07) is 19.7. The highest BCUT2D eigenvalue weighted by Crippen LogP contribution is 2.37. The minimum Gasteiger partial charge on any atom is -0.494 e. The Hall–Kier alpha value is -3.87. The van der Waals surface area contributed by atoms with Crippen LogP contribution in [-0.2, 0) is 40.3 Å². The highest BCUT2D eigenvalue weighted by molar-refractivity contribution is 7.16. The molecule has 9 heteroatoms. The zero-order valence-corrected chi connectivity index (χ0v) is 22.2. The molecule has 0 aliphatic carbocycles. The SMILES string of the molecule is CCOc1ccccc1CCC(=O)Nc1sc2c(c1C#N)CCN(C(=O)OCCOCc1ccccc1)C2. The first-order chi connectivity index (χ1) is 18.6. The van der Waals surface area contributed by atoms with Crippen molar-refractivity contribution in [1.29, 1.82) is 5.26 Å². The van der Waals surface area contributed by atoms with Crippen LogP contribution in [0.15, 0.2) is 54.6 Å². The summed E-state index contributed by atoms with van der Waals surface area (Å²) in [5.41, 5.74) is 3.40. The van der Waals surface area contributed by atoms with Crippen molar-refractivity contribution in [2.45, 2.75) is 39.3 Å². The lowest BCUT2D eigenvalue weighted by Gasteiger charge is -2.26. The number of nitrogens with zero attached hydrogens (tertiary/aromatic N) is 2. The number of nitrogens with one attached hydrogen (secondary N) is 1. The third kappa shape index (κ3) is 7.12. The summed E-state index contributed by atoms with van der Waals surface area (Å²) in [5, 5.41) is 13.2. The number of carbonyl (C=O) groups excluding carboxylic acids is 2. The van der Waals surface area contributed by atoms with E-state index in [0.717, 1.165) is 27.3 Å². The molecule has 2 heterocycles. The topological polar surface area (TPSA) is 101 Å². The Labute approximate surface area is 226 Å². The molecule has 0 atom stereocenters. The van der Waals surface area contributed by atoms with E-state index in [9.17, 15) is 14.9 Å². The van der Waals surface area contributed by atoms with Gasteiger partial charge in [0.25, 0.3) is 0 Å². The average molecular weight is 534 g/mol. The van der Waals surface area contributed by atoms with Gasteiger partial charge < -0.3 is 24.4 Å². The lowest BCUT2D eigenvalue weighted by molar-refractivity contribution is -0.116. The largest absolute Gasteiger partial charge is 0.494 e. The Morgan fingerprint density at radius 2 is 1.89 bits per heavy atom. The molecule has 0 radical (unpaired) electrons. The maximum atomic E-state index is 12.7. The van der Waals surface area contributed by atoms with Gasteiger partial charge in [-0.05, 0) is 42.5 Å². The van der Waals surface area contributed by atoms with E-state index in [0.29, 0.717) is 56.3 Å². The first kappa shape index (κ1) is 27.2. The second-order valence-corrected chi connectivity index (χ2v) is 9.84. The molecule has 0 bridgehead atoms. The van der Waals surface area contributed by atoms with Crippen molar-refractivity contribution < 1.29 is 23.8 Å². The number of thiophene rings is 1. The van der Waals surface area contributed by atoms with E-state index >= 15 is 0 Å².